The van der Waals surface area contributed by atoms with Gasteiger partial charge >= 0.3 is 5.97 Å². The molecule has 0 radical (unpaired) electrons. The van der Waals surface area contributed by atoms with E-state index < -0.39 is 17.7 Å². The Morgan fingerprint density at radius 1 is 1.25 bits per heavy atom. The van der Waals surface area contributed by atoms with Crippen molar-refractivity contribution in [3.05, 3.63) is 53.6 Å². The quantitative estimate of drug-likeness (QED) is 0.818. The van der Waals surface area contributed by atoms with Gasteiger partial charge in [-0.15, -0.1) is 0 Å². The third-order valence-corrected chi connectivity index (χ3v) is 3.33. The number of hydrogen-bond donors (Lipinski definition) is 2. The lowest BCUT2D eigenvalue weighted by Crippen LogP contribution is -2.38. The zero-order valence-corrected chi connectivity index (χ0v) is 11.2. The van der Waals surface area contributed by atoms with Crippen molar-refractivity contribution in [2.24, 2.45) is 0 Å². The van der Waals surface area contributed by atoms with Gasteiger partial charge in [-0.1, -0.05) is 24.3 Å². The maximum Gasteiger partial charge on any atom is 0.335 e. The van der Waals surface area contributed by atoms with E-state index in [0.29, 0.717) is 5.75 Å². The first kappa shape index (κ1) is 14.3. The lowest BCUT2D eigenvalue weighted by Gasteiger charge is -2.33. The maximum atomic E-state index is 11.0. The van der Waals surface area contributed by atoms with Crippen LogP contribution in [0.15, 0.2) is 48.1 Å². The summed E-state index contributed by atoms with van der Waals surface area (Å²) in [6.45, 7) is 0. The van der Waals surface area contributed by atoms with Gasteiger partial charge in [0, 0.05) is 7.11 Å². The molecule has 106 valence electrons. The van der Waals surface area contributed by atoms with E-state index in [1.54, 1.807) is 37.5 Å². The van der Waals surface area contributed by atoms with E-state index in [-0.39, 0.29) is 5.57 Å². The van der Waals surface area contributed by atoms with Gasteiger partial charge in [-0.25, -0.2) is 4.79 Å². The average Bonchev–Trinajstić information content (AvgIpc) is 2.47. The molecule has 0 spiro atoms. The van der Waals surface area contributed by atoms with Crippen molar-refractivity contribution in [2.75, 3.05) is 14.2 Å². The summed E-state index contributed by atoms with van der Waals surface area (Å²) in [7, 11) is 2.91. The molecule has 0 heterocycles. The highest BCUT2D eigenvalue weighted by Crippen LogP contribution is 2.36. The molecule has 0 saturated carbocycles. The Balaban J connectivity index is 2.36. The molecule has 0 amide bonds. The number of benzene rings is 1. The summed E-state index contributed by atoms with van der Waals surface area (Å²) < 4.78 is 10.2. The summed E-state index contributed by atoms with van der Waals surface area (Å²) in [6.07, 6.45) is 4.30. The monoisotopic (exact) mass is 276 g/mol. The molecular weight excluding hydrogens is 260 g/mol. The van der Waals surface area contributed by atoms with Crippen LogP contribution in [0.2, 0.25) is 0 Å². The van der Waals surface area contributed by atoms with Gasteiger partial charge in [0.05, 0.1) is 18.6 Å². The molecule has 0 fully saturated rings. The molecule has 2 unspecified atom stereocenters. The Morgan fingerprint density at radius 2 is 1.90 bits per heavy atom. The minimum absolute atomic E-state index is 0.000823. The summed E-state index contributed by atoms with van der Waals surface area (Å²) in [5.41, 5.74) is 0.797. The van der Waals surface area contributed by atoms with E-state index in [4.69, 9.17) is 14.6 Å². The smallest absolute Gasteiger partial charge is 0.335 e. The van der Waals surface area contributed by atoms with Gasteiger partial charge in [0.15, 0.2) is 5.79 Å². The van der Waals surface area contributed by atoms with Gasteiger partial charge in [-0.05, 0) is 23.8 Å². The number of ether oxygens (including phenoxy) is 2. The number of carboxylic acids is 1. The molecule has 20 heavy (non-hydrogen) atoms. The SMILES string of the molecule is COc1ccc(C2C=CC(C(=O)O)=CC2(O)OC)cc1. The number of hydrogen-bond acceptors (Lipinski definition) is 4. The first-order chi connectivity index (χ1) is 9.50. The summed E-state index contributed by atoms with van der Waals surface area (Å²) in [6, 6.07) is 7.15. The topological polar surface area (TPSA) is 76.0 Å². The lowest BCUT2D eigenvalue weighted by atomic mass is 9.85. The summed E-state index contributed by atoms with van der Waals surface area (Å²) >= 11 is 0. The molecule has 1 aliphatic rings. The Labute approximate surface area is 116 Å². The number of aliphatic hydroxyl groups is 1. The standard InChI is InChI=1S/C15H16O5/c1-19-12-6-3-10(4-7-12)13-8-5-11(14(16)17)9-15(13,18)20-2/h3-9,13,18H,1-2H3,(H,16,17). The lowest BCUT2D eigenvalue weighted by molar-refractivity contribution is -0.157. The van der Waals surface area contributed by atoms with Crippen LogP contribution >= 0.6 is 0 Å². The van der Waals surface area contributed by atoms with Crippen molar-refractivity contribution >= 4 is 5.97 Å². The van der Waals surface area contributed by atoms with Crippen molar-refractivity contribution in [1.29, 1.82) is 0 Å². The molecular formula is C15H16O5. The number of methoxy groups -OCH3 is 2. The second-order valence-electron chi connectivity index (χ2n) is 4.47. The second-order valence-corrected chi connectivity index (χ2v) is 4.47. The van der Waals surface area contributed by atoms with Crippen LogP contribution in [-0.2, 0) is 9.53 Å². The third kappa shape index (κ3) is 2.59. The van der Waals surface area contributed by atoms with Crippen molar-refractivity contribution in [1.82, 2.24) is 0 Å². The van der Waals surface area contributed by atoms with E-state index in [1.165, 1.54) is 19.3 Å². The molecule has 5 nitrogen and oxygen atoms in total. The minimum atomic E-state index is -1.68. The largest absolute Gasteiger partial charge is 0.497 e. The number of aliphatic carboxylic acids is 1. The van der Waals surface area contributed by atoms with Crippen LogP contribution in [0.5, 0.6) is 5.75 Å². The van der Waals surface area contributed by atoms with Gasteiger partial charge in [-0.3, -0.25) is 0 Å². The highest BCUT2D eigenvalue weighted by Gasteiger charge is 2.38. The van der Waals surface area contributed by atoms with Crippen molar-refractivity contribution in [3.63, 3.8) is 0 Å². The van der Waals surface area contributed by atoms with E-state index in [1.807, 2.05) is 0 Å². The molecule has 1 aromatic carbocycles. The zero-order chi connectivity index (χ0) is 14.8. The minimum Gasteiger partial charge on any atom is -0.497 e. The van der Waals surface area contributed by atoms with Gasteiger partial charge < -0.3 is 19.7 Å². The summed E-state index contributed by atoms with van der Waals surface area (Å²) in [5, 5.41) is 19.5. The fraction of sp³-hybridized carbons (Fsp3) is 0.267. The Bertz CT molecular complexity index is 558. The zero-order valence-electron chi connectivity index (χ0n) is 11.2. The predicted molar refractivity (Wildman–Crippen MR) is 72.6 cm³/mol. The van der Waals surface area contributed by atoms with Crippen LogP contribution < -0.4 is 4.74 Å². The van der Waals surface area contributed by atoms with Crippen molar-refractivity contribution in [2.45, 2.75) is 11.7 Å². The van der Waals surface area contributed by atoms with E-state index in [0.717, 1.165) is 5.56 Å². The van der Waals surface area contributed by atoms with Crippen molar-refractivity contribution < 1.29 is 24.5 Å². The van der Waals surface area contributed by atoms with Crippen LogP contribution in [0.1, 0.15) is 11.5 Å². The number of rotatable bonds is 4. The van der Waals surface area contributed by atoms with Crippen LogP contribution in [0.3, 0.4) is 0 Å². The molecule has 0 aliphatic heterocycles. The van der Waals surface area contributed by atoms with Gasteiger partial charge in [0.2, 0.25) is 0 Å². The molecule has 2 N–H and O–H groups in total. The normalized spacial score (nSPS) is 25.1. The van der Waals surface area contributed by atoms with Crippen LogP contribution in [0.4, 0.5) is 0 Å². The summed E-state index contributed by atoms with van der Waals surface area (Å²) in [4.78, 5) is 11.0. The highest BCUT2D eigenvalue weighted by molar-refractivity contribution is 5.90. The van der Waals surface area contributed by atoms with Gasteiger partial charge in [-0.2, -0.15) is 0 Å². The fourth-order valence-corrected chi connectivity index (χ4v) is 2.18. The molecule has 1 aromatic rings. The van der Waals surface area contributed by atoms with Gasteiger partial charge in [0.1, 0.15) is 5.75 Å². The number of carbonyl (C=O) groups is 1. The number of carboxylic acid groups (broad SMARTS) is 1. The molecule has 5 heteroatoms. The van der Waals surface area contributed by atoms with Crippen LogP contribution in [0, 0.1) is 0 Å². The molecule has 0 aromatic heterocycles. The first-order valence-electron chi connectivity index (χ1n) is 6.06. The molecule has 0 bridgehead atoms. The summed E-state index contributed by atoms with van der Waals surface area (Å²) in [5.74, 6) is -2.57. The maximum absolute atomic E-state index is 11.0. The molecule has 2 rings (SSSR count). The van der Waals surface area contributed by atoms with Crippen LogP contribution in [-0.4, -0.2) is 36.2 Å². The molecule has 1 aliphatic carbocycles. The van der Waals surface area contributed by atoms with Crippen molar-refractivity contribution in [3.8, 4) is 5.75 Å². The third-order valence-electron chi connectivity index (χ3n) is 3.33. The fourth-order valence-electron chi connectivity index (χ4n) is 2.18. The predicted octanol–water partition coefficient (Wildman–Crippen LogP) is 1.69. The average molecular weight is 276 g/mol. The van der Waals surface area contributed by atoms with Gasteiger partial charge in [0.25, 0.3) is 0 Å². The Kier molecular flexibility index (Phi) is 3.92. The molecule has 0 saturated heterocycles. The Morgan fingerprint density at radius 3 is 2.40 bits per heavy atom. The van der Waals surface area contributed by atoms with E-state index >= 15 is 0 Å². The van der Waals surface area contributed by atoms with E-state index in [9.17, 15) is 9.90 Å². The first-order valence-corrected chi connectivity index (χ1v) is 6.06. The highest BCUT2D eigenvalue weighted by atomic mass is 16.6. The van der Waals surface area contributed by atoms with E-state index in [2.05, 4.69) is 0 Å². The molecule has 2 atom stereocenters. The Hall–Kier alpha value is -2.11. The second kappa shape index (κ2) is 5.48. The van der Waals surface area contributed by atoms with Crippen LogP contribution in [0.25, 0.3) is 0 Å².